The van der Waals surface area contributed by atoms with Crippen molar-refractivity contribution in [3.63, 3.8) is 0 Å². The lowest BCUT2D eigenvalue weighted by Crippen LogP contribution is -1.93. The van der Waals surface area contributed by atoms with Crippen LogP contribution in [0, 0.1) is 11.3 Å². The molecule has 0 unspecified atom stereocenters. The number of nitrogens with zero attached hydrogens (tertiary/aromatic N) is 2. The van der Waals surface area contributed by atoms with Crippen LogP contribution in [0.1, 0.15) is 55.1 Å². The Morgan fingerprint density at radius 3 is 3.00 bits per heavy atom. The SMILES string of the molecule is N#CCCCc1nc(C2CCCC2)cs1. The van der Waals surface area contributed by atoms with Crippen LogP contribution in [0.5, 0.6) is 0 Å². The van der Waals surface area contributed by atoms with E-state index in [2.05, 4.69) is 16.4 Å². The van der Waals surface area contributed by atoms with Crippen molar-refractivity contribution in [1.82, 2.24) is 4.98 Å². The first-order chi connectivity index (χ1) is 7.40. The topological polar surface area (TPSA) is 36.7 Å². The average molecular weight is 220 g/mol. The highest BCUT2D eigenvalue weighted by atomic mass is 32.1. The molecule has 0 aromatic carbocycles. The van der Waals surface area contributed by atoms with E-state index in [-0.39, 0.29) is 0 Å². The second kappa shape index (κ2) is 5.27. The monoisotopic (exact) mass is 220 g/mol. The summed E-state index contributed by atoms with van der Waals surface area (Å²) in [6.45, 7) is 0. The molecule has 0 saturated heterocycles. The highest BCUT2D eigenvalue weighted by Crippen LogP contribution is 2.34. The standard InChI is InChI=1S/C12H16N2S/c13-8-4-3-7-12-14-11(9-15-12)10-5-1-2-6-10/h9-10H,1-7H2. The average Bonchev–Trinajstić information content (AvgIpc) is 2.87. The van der Waals surface area contributed by atoms with E-state index < -0.39 is 0 Å². The normalized spacial score (nSPS) is 16.7. The zero-order valence-electron chi connectivity index (χ0n) is 8.91. The fourth-order valence-corrected chi connectivity index (χ4v) is 3.09. The zero-order chi connectivity index (χ0) is 10.5. The minimum atomic E-state index is 0.651. The van der Waals surface area contributed by atoms with Crippen molar-refractivity contribution in [3.05, 3.63) is 16.1 Å². The van der Waals surface area contributed by atoms with Crippen molar-refractivity contribution in [1.29, 1.82) is 5.26 Å². The summed E-state index contributed by atoms with van der Waals surface area (Å²) in [7, 11) is 0. The van der Waals surface area contributed by atoms with Gasteiger partial charge in [0.2, 0.25) is 0 Å². The summed E-state index contributed by atoms with van der Waals surface area (Å²) in [6, 6.07) is 2.18. The van der Waals surface area contributed by atoms with Crippen molar-refractivity contribution in [2.75, 3.05) is 0 Å². The van der Waals surface area contributed by atoms with Gasteiger partial charge in [-0.25, -0.2) is 4.98 Å². The summed E-state index contributed by atoms with van der Waals surface area (Å²) in [5, 5.41) is 11.9. The Bertz CT molecular complexity index is 345. The largest absolute Gasteiger partial charge is 0.246 e. The van der Waals surface area contributed by atoms with Crippen LogP contribution in [0.15, 0.2) is 5.38 Å². The third-order valence-corrected chi connectivity index (χ3v) is 3.95. The van der Waals surface area contributed by atoms with Gasteiger partial charge in [0, 0.05) is 24.1 Å². The first kappa shape index (κ1) is 10.6. The predicted molar refractivity (Wildman–Crippen MR) is 61.9 cm³/mol. The number of aromatic nitrogens is 1. The third-order valence-electron chi connectivity index (χ3n) is 3.02. The maximum atomic E-state index is 8.46. The second-order valence-corrected chi connectivity index (χ2v) is 5.10. The Hall–Kier alpha value is -0.880. The van der Waals surface area contributed by atoms with E-state index in [0.717, 1.165) is 18.8 Å². The smallest absolute Gasteiger partial charge is 0.0928 e. The van der Waals surface area contributed by atoms with E-state index >= 15 is 0 Å². The minimum absolute atomic E-state index is 0.651. The number of hydrogen-bond donors (Lipinski definition) is 0. The molecule has 2 nitrogen and oxygen atoms in total. The summed E-state index contributed by atoms with van der Waals surface area (Å²) >= 11 is 1.77. The Kier molecular flexibility index (Phi) is 3.74. The molecule has 0 N–H and O–H groups in total. The Balaban J connectivity index is 1.89. The number of thiazole rings is 1. The van der Waals surface area contributed by atoms with E-state index in [4.69, 9.17) is 5.26 Å². The van der Waals surface area contributed by atoms with Gasteiger partial charge in [-0.3, -0.25) is 0 Å². The molecule has 0 bridgehead atoms. The second-order valence-electron chi connectivity index (χ2n) is 4.16. The van der Waals surface area contributed by atoms with E-state index in [9.17, 15) is 0 Å². The van der Waals surface area contributed by atoms with Crippen LogP contribution >= 0.6 is 11.3 Å². The molecule has 0 radical (unpaired) electrons. The maximum Gasteiger partial charge on any atom is 0.0928 e. The van der Waals surface area contributed by atoms with E-state index in [1.807, 2.05) is 0 Å². The van der Waals surface area contributed by atoms with Crippen molar-refractivity contribution >= 4 is 11.3 Å². The molecule has 3 heteroatoms. The molecule has 15 heavy (non-hydrogen) atoms. The number of aryl methyl sites for hydroxylation is 1. The van der Waals surface area contributed by atoms with Crippen LogP contribution in [0.25, 0.3) is 0 Å². The van der Waals surface area contributed by atoms with E-state index in [1.165, 1.54) is 36.4 Å². The van der Waals surface area contributed by atoms with Gasteiger partial charge in [0.05, 0.1) is 16.8 Å². The summed E-state index contributed by atoms with van der Waals surface area (Å²) in [6.07, 6.45) is 7.96. The van der Waals surface area contributed by atoms with Crippen molar-refractivity contribution in [3.8, 4) is 6.07 Å². The molecular weight excluding hydrogens is 204 g/mol. The molecule has 0 atom stereocenters. The van der Waals surface area contributed by atoms with Gasteiger partial charge in [0.1, 0.15) is 0 Å². The molecule has 80 valence electrons. The minimum Gasteiger partial charge on any atom is -0.246 e. The molecule has 1 heterocycles. The molecule has 1 fully saturated rings. The highest BCUT2D eigenvalue weighted by Gasteiger charge is 2.19. The Labute approximate surface area is 95.0 Å². The number of unbranched alkanes of at least 4 members (excludes halogenated alkanes) is 1. The van der Waals surface area contributed by atoms with Crippen molar-refractivity contribution in [2.45, 2.75) is 50.9 Å². The zero-order valence-corrected chi connectivity index (χ0v) is 9.72. The van der Waals surface area contributed by atoms with Gasteiger partial charge in [0.15, 0.2) is 0 Å². The number of nitriles is 1. The van der Waals surface area contributed by atoms with Gasteiger partial charge in [-0.05, 0) is 19.3 Å². The molecule has 0 aliphatic heterocycles. The van der Waals surface area contributed by atoms with Gasteiger partial charge in [-0.15, -0.1) is 11.3 Å². The number of rotatable bonds is 4. The van der Waals surface area contributed by atoms with Gasteiger partial charge >= 0.3 is 0 Å². The molecule has 2 rings (SSSR count). The third kappa shape index (κ3) is 2.79. The van der Waals surface area contributed by atoms with Crippen LogP contribution in [-0.2, 0) is 6.42 Å². The van der Waals surface area contributed by atoms with Crippen LogP contribution in [0.3, 0.4) is 0 Å². The fraction of sp³-hybridized carbons (Fsp3) is 0.667. The molecule has 1 aliphatic rings. The Morgan fingerprint density at radius 2 is 2.27 bits per heavy atom. The quantitative estimate of drug-likeness (QED) is 0.726. The van der Waals surface area contributed by atoms with Gasteiger partial charge in [-0.1, -0.05) is 12.8 Å². The molecule has 1 aromatic rings. The lowest BCUT2D eigenvalue weighted by molar-refractivity contribution is 0.696. The van der Waals surface area contributed by atoms with Crippen LogP contribution < -0.4 is 0 Å². The molecule has 1 aliphatic carbocycles. The van der Waals surface area contributed by atoms with Crippen LogP contribution in [0.2, 0.25) is 0 Å². The number of hydrogen-bond acceptors (Lipinski definition) is 3. The summed E-state index contributed by atoms with van der Waals surface area (Å²) < 4.78 is 0. The van der Waals surface area contributed by atoms with Gasteiger partial charge in [-0.2, -0.15) is 5.26 Å². The highest BCUT2D eigenvalue weighted by molar-refractivity contribution is 7.09. The predicted octanol–water partition coefficient (Wildman–Crippen LogP) is 3.65. The van der Waals surface area contributed by atoms with E-state index in [0.29, 0.717) is 6.42 Å². The summed E-state index contributed by atoms with van der Waals surface area (Å²) in [4.78, 5) is 4.67. The summed E-state index contributed by atoms with van der Waals surface area (Å²) in [5.41, 5.74) is 1.31. The Morgan fingerprint density at radius 1 is 1.47 bits per heavy atom. The summed E-state index contributed by atoms with van der Waals surface area (Å²) in [5.74, 6) is 0.728. The first-order valence-corrected chi connectivity index (χ1v) is 6.59. The lowest BCUT2D eigenvalue weighted by Gasteiger charge is -2.02. The van der Waals surface area contributed by atoms with Gasteiger partial charge in [0.25, 0.3) is 0 Å². The van der Waals surface area contributed by atoms with Crippen LogP contribution in [0.4, 0.5) is 0 Å². The van der Waals surface area contributed by atoms with Crippen molar-refractivity contribution in [2.24, 2.45) is 0 Å². The first-order valence-electron chi connectivity index (χ1n) is 5.71. The molecule has 0 spiro atoms. The van der Waals surface area contributed by atoms with E-state index in [1.54, 1.807) is 11.3 Å². The maximum absolute atomic E-state index is 8.46. The molecule has 1 saturated carbocycles. The van der Waals surface area contributed by atoms with Crippen molar-refractivity contribution < 1.29 is 0 Å². The molecule has 0 amide bonds. The lowest BCUT2D eigenvalue weighted by atomic mass is 10.1. The van der Waals surface area contributed by atoms with Crippen LogP contribution in [-0.4, -0.2) is 4.98 Å². The molecular formula is C12H16N2S. The van der Waals surface area contributed by atoms with Gasteiger partial charge < -0.3 is 0 Å². The molecule has 1 aromatic heterocycles. The fourth-order valence-electron chi connectivity index (χ4n) is 2.17.